The molecule has 0 radical (unpaired) electrons. The number of nitrogens with one attached hydrogen (secondary N) is 2. The number of hydrogen-bond donors (Lipinski definition) is 2. The molecule has 1 heterocycles. The van der Waals surface area contributed by atoms with E-state index in [-0.39, 0.29) is 11.7 Å². The summed E-state index contributed by atoms with van der Waals surface area (Å²) >= 11 is 0. The third kappa shape index (κ3) is 2.36. The summed E-state index contributed by atoms with van der Waals surface area (Å²) in [7, 11) is 0. The molecule has 3 fully saturated rings. The van der Waals surface area contributed by atoms with Gasteiger partial charge in [-0.25, -0.2) is 5.10 Å². The quantitative estimate of drug-likeness (QED) is 0.897. The van der Waals surface area contributed by atoms with E-state index in [4.69, 9.17) is 0 Å². The molecule has 3 aliphatic rings. The van der Waals surface area contributed by atoms with Crippen molar-refractivity contribution in [2.75, 3.05) is 5.32 Å². The molecule has 4 rings (SSSR count). The van der Waals surface area contributed by atoms with Gasteiger partial charge >= 0.3 is 12.2 Å². The fourth-order valence-electron chi connectivity index (χ4n) is 4.24. The molecule has 2 N–H and O–H groups in total. The van der Waals surface area contributed by atoms with Crippen LogP contribution in [0.4, 0.5) is 14.5 Å². The molecule has 2 bridgehead atoms. The lowest BCUT2D eigenvalue weighted by Crippen LogP contribution is -2.58. The highest BCUT2D eigenvalue weighted by Gasteiger charge is 2.56. The van der Waals surface area contributed by atoms with E-state index in [1.54, 1.807) is 0 Å². The molecule has 0 aliphatic heterocycles. The maximum Gasteiger partial charge on any atom is 0.387 e. The summed E-state index contributed by atoms with van der Waals surface area (Å²) < 4.78 is 29.3. The third-order valence-corrected chi connectivity index (χ3v) is 5.71. The van der Waals surface area contributed by atoms with Crippen molar-refractivity contribution in [1.29, 1.82) is 0 Å². The Morgan fingerprint density at radius 1 is 1.45 bits per heavy atom. The summed E-state index contributed by atoms with van der Waals surface area (Å²) in [5.74, 6) is 1.24. The molecule has 3 aliphatic carbocycles. The van der Waals surface area contributed by atoms with E-state index < -0.39 is 17.9 Å². The van der Waals surface area contributed by atoms with Crippen molar-refractivity contribution in [2.24, 2.45) is 23.2 Å². The number of aromatic amines is 1. The van der Waals surface area contributed by atoms with Gasteiger partial charge in [0.25, 0.3) is 0 Å². The van der Waals surface area contributed by atoms with Crippen LogP contribution >= 0.6 is 0 Å². The average Bonchev–Trinajstić information content (AvgIpc) is 2.43. The number of alkyl halides is 2. The van der Waals surface area contributed by atoms with Crippen LogP contribution in [0.15, 0.2) is 11.0 Å². The summed E-state index contributed by atoms with van der Waals surface area (Å²) in [4.78, 5) is 11.7. The second-order valence-electron chi connectivity index (χ2n) is 7.03. The van der Waals surface area contributed by atoms with Crippen molar-refractivity contribution in [3.8, 4) is 5.75 Å². The van der Waals surface area contributed by atoms with E-state index in [1.807, 2.05) is 0 Å². The fraction of sp³-hybridized carbons (Fsp3) is 0.733. The summed E-state index contributed by atoms with van der Waals surface area (Å²) in [6.45, 7) is 3.71. The number of aromatic nitrogens is 2. The standard InChI is InChI=1S/C15H21F2N3O2/c1-7-9-4-8(15(9,2)3)5-10(7)19-11-6-18-20-13(21)12(11)22-14(16)17/h6-10,14H,4-5H2,1-3H3,(H2,19,20,21)/t7-,8-,9+,10?/m1/s1. The highest BCUT2D eigenvalue weighted by Crippen LogP contribution is 2.61. The van der Waals surface area contributed by atoms with Gasteiger partial charge in [-0.1, -0.05) is 20.8 Å². The Labute approximate surface area is 127 Å². The molecule has 1 aromatic heterocycles. The first-order valence-corrected chi connectivity index (χ1v) is 7.59. The van der Waals surface area contributed by atoms with Crippen LogP contribution in [-0.2, 0) is 0 Å². The van der Waals surface area contributed by atoms with Gasteiger partial charge < -0.3 is 10.1 Å². The maximum absolute atomic E-state index is 12.5. The molecule has 1 unspecified atom stereocenters. The van der Waals surface area contributed by atoms with Gasteiger partial charge in [-0.05, 0) is 36.0 Å². The van der Waals surface area contributed by atoms with Crippen LogP contribution < -0.4 is 15.6 Å². The Hall–Kier alpha value is -1.66. The highest BCUT2D eigenvalue weighted by molar-refractivity contribution is 5.54. The number of ether oxygens (including phenoxy) is 1. The Kier molecular flexibility index (Phi) is 3.61. The fourth-order valence-corrected chi connectivity index (χ4v) is 4.24. The van der Waals surface area contributed by atoms with E-state index in [0.717, 1.165) is 6.42 Å². The number of rotatable bonds is 4. The maximum atomic E-state index is 12.5. The first-order valence-electron chi connectivity index (χ1n) is 7.59. The monoisotopic (exact) mass is 313 g/mol. The second kappa shape index (κ2) is 5.21. The first kappa shape index (κ1) is 15.2. The zero-order chi connectivity index (χ0) is 16.1. The van der Waals surface area contributed by atoms with Crippen LogP contribution in [0.3, 0.4) is 0 Å². The van der Waals surface area contributed by atoms with Gasteiger partial charge in [-0.3, -0.25) is 4.79 Å². The normalized spacial score (nSPS) is 32.5. The lowest BCUT2D eigenvalue weighted by atomic mass is 9.45. The van der Waals surface area contributed by atoms with Gasteiger partial charge in [-0.15, -0.1) is 0 Å². The van der Waals surface area contributed by atoms with E-state index in [9.17, 15) is 13.6 Å². The number of halogens is 2. The highest BCUT2D eigenvalue weighted by atomic mass is 19.3. The predicted molar refractivity (Wildman–Crippen MR) is 78.1 cm³/mol. The van der Waals surface area contributed by atoms with Crippen LogP contribution in [-0.4, -0.2) is 22.9 Å². The van der Waals surface area contributed by atoms with Crippen molar-refractivity contribution >= 4 is 5.69 Å². The Morgan fingerprint density at radius 2 is 2.18 bits per heavy atom. The molecule has 4 atom stereocenters. The van der Waals surface area contributed by atoms with E-state index >= 15 is 0 Å². The van der Waals surface area contributed by atoms with Gasteiger partial charge in [0.15, 0.2) is 0 Å². The average molecular weight is 313 g/mol. The molecule has 0 saturated heterocycles. The number of anilines is 1. The molecule has 0 spiro atoms. The van der Waals surface area contributed by atoms with Gasteiger partial charge in [0, 0.05) is 6.04 Å². The van der Waals surface area contributed by atoms with Crippen molar-refractivity contribution in [2.45, 2.75) is 46.3 Å². The lowest BCUT2D eigenvalue weighted by molar-refractivity contribution is -0.105. The topological polar surface area (TPSA) is 67.0 Å². The SMILES string of the molecule is C[C@H]1C(Nc2cn[nH]c(=O)c2OC(F)F)C[C@H]2C[C@@H]1C2(C)C. The molecule has 122 valence electrons. The predicted octanol–water partition coefficient (Wildman–Crippen LogP) is 2.85. The number of nitrogens with zero attached hydrogens (tertiary/aromatic N) is 1. The Bertz CT molecular complexity index is 617. The third-order valence-electron chi connectivity index (χ3n) is 5.71. The van der Waals surface area contributed by atoms with Crippen molar-refractivity contribution < 1.29 is 13.5 Å². The van der Waals surface area contributed by atoms with E-state index in [0.29, 0.717) is 23.2 Å². The van der Waals surface area contributed by atoms with Crippen LogP contribution in [0, 0.1) is 23.2 Å². The van der Waals surface area contributed by atoms with E-state index in [1.165, 1.54) is 12.6 Å². The molecular formula is C15H21F2N3O2. The van der Waals surface area contributed by atoms with Gasteiger partial charge in [0.1, 0.15) is 5.69 Å². The molecule has 0 amide bonds. The molecule has 0 aromatic carbocycles. The van der Waals surface area contributed by atoms with E-state index in [2.05, 4.69) is 41.0 Å². The zero-order valence-electron chi connectivity index (χ0n) is 12.9. The summed E-state index contributed by atoms with van der Waals surface area (Å²) in [6, 6.07) is 0.139. The zero-order valence-corrected chi connectivity index (χ0v) is 12.9. The van der Waals surface area contributed by atoms with Gasteiger partial charge in [-0.2, -0.15) is 13.9 Å². The van der Waals surface area contributed by atoms with Crippen molar-refractivity contribution in [3.63, 3.8) is 0 Å². The second-order valence-corrected chi connectivity index (χ2v) is 7.03. The minimum atomic E-state index is -3.04. The molecule has 5 nitrogen and oxygen atoms in total. The molecule has 3 saturated carbocycles. The molecule has 1 aromatic rings. The van der Waals surface area contributed by atoms with Gasteiger partial charge in [0.05, 0.1) is 6.20 Å². The number of fused-ring (bicyclic) bond motifs is 2. The lowest BCUT2D eigenvalue weighted by Gasteiger charge is -2.62. The largest absolute Gasteiger partial charge is 0.427 e. The van der Waals surface area contributed by atoms with Crippen LogP contribution in [0.1, 0.15) is 33.6 Å². The van der Waals surface area contributed by atoms with Crippen molar-refractivity contribution in [1.82, 2.24) is 10.2 Å². The molecular weight excluding hydrogens is 292 g/mol. The smallest absolute Gasteiger partial charge is 0.387 e. The Morgan fingerprint density at radius 3 is 2.77 bits per heavy atom. The van der Waals surface area contributed by atoms with Gasteiger partial charge in [0.2, 0.25) is 5.75 Å². The number of H-pyrrole nitrogens is 1. The van der Waals surface area contributed by atoms with Crippen LogP contribution in [0.5, 0.6) is 5.75 Å². The molecule has 22 heavy (non-hydrogen) atoms. The summed E-state index contributed by atoms with van der Waals surface area (Å²) in [6.07, 6.45) is 3.52. The number of hydrogen-bond acceptors (Lipinski definition) is 4. The van der Waals surface area contributed by atoms with Crippen LogP contribution in [0.25, 0.3) is 0 Å². The Balaban J connectivity index is 1.80. The first-order chi connectivity index (χ1) is 10.3. The molecule has 7 heteroatoms. The minimum Gasteiger partial charge on any atom is -0.427 e. The minimum absolute atomic E-state index is 0.139. The summed E-state index contributed by atoms with van der Waals surface area (Å²) in [5.41, 5.74) is -0.175. The van der Waals surface area contributed by atoms with Crippen LogP contribution in [0.2, 0.25) is 0 Å². The summed E-state index contributed by atoms with van der Waals surface area (Å²) in [5, 5.41) is 9.00. The van der Waals surface area contributed by atoms with Crippen molar-refractivity contribution in [3.05, 3.63) is 16.6 Å².